The Hall–Kier alpha value is -1.91. The highest BCUT2D eigenvalue weighted by molar-refractivity contribution is 5.78. The lowest BCUT2D eigenvalue weighted by molar-refractivity contribution is -0.134. The number of carbonyl (C=O) groups excluding carboxylic acids is 2. The fourth-order valence-corrected chi connectivity index (χ4v) is 3.93. The predicted molar refractivity (Wildman–Crippen MR) is 97.0 cm³/mol. The second-order valence-corrected chi connectivity index (χ2v) is 7.45. The summed E-state index contributed by atoms with van der Waals surface area (Å²) in [7, 11) is 0. The maximum Gasteiger partial charge on any atom is 0.222 e. The Balaban J connectivity index is 1.43. The van der Waals surface area contributed by atoms with Crippen LogP contribution < -0.4 is 0 Å². The second-order valence-electron chi connectivity index (χ2n) is 7.45. The van der Waals surface area contributed by atoms with Crippen molar-refractivity contribution in [3.05, 3.63) is 29.6 Å². The molecule has 2 aliphatic rings. The van der Waals surface area contributed by atoms with Gasteiger partial charge in [-0.25, -0.2) is 0 Å². The van der Waals surface area contributed by atoms with Crippen LogP contribution in [0.15, 0.2) is 18.3 Å². The number of nitrogens with zero attached hydrogens (tertiary/aromatic N) is 3. The number of amides is 2. The molecular formula is C20H29N3O2. The molecule has 3 heterocycles. The van der Waals surface area contributed by atoms with Crippen molar-refractivity contribution in [2.24, 2.45) is 5.92 Å². The molecule has 0 N–H and O–H groups in total. The van der Waals surface area contributed by atoms with Gasteiger partial charge < -0.3 is 9.80 Å². The van der Waals surface area contributed by atoms with Gasteiger partial charge in [-0.3, -0.25) is 14.6 Å². The Labute approximate surface area is 150 Å². The van der Waals surface area contributed by atoms with Crippen LogP contribution in [0.4, 0.5) is 0 Å². The fourth-order valence-electron chi connectivity index (χ4n) is 3.93. The number of hydrogen-bond donors (Lipinski definition) is 0. The number of aromatic nitrogens is 1. The SMILES string of the molecule is Cc1ccc(C[C@H]2CCCN(C(=O)CCCN3CCCC3=O)C2)cn1. The summed E-state index contributed by atoms with van der Waals surface area (Å²) >= 11 is 0. The number of rotatable bonds is 6. The van der Waals surface area contributed by atoms with Gasteiger partial charge in [0.05, 0.1) is 0 Å². The summed E-state index contributed by atoms with van der Waals surface area (Å²) in [6, 6.07) is 4.21. The van der Waals surface area contributed by atoms with E-state index in [4.69, 9.17) is 0 Å². The van der Waals surface area contributed by atoms with Gasteiger partial charge in [0.2, 0.25) is 11.8 Å². The largest absolute Gasteiger partial charge is 0.343 e. The molecule has 1 atom stereocenters. The van der Waals surface area contributed by atoms with E-state index < -0.39 is 0 Å². The minimum atomic E-state index is 0.247. The first-order valence-corrected chi connectivity index (χ1v) is 9.59. The van der Waals surface area contributed by atoms with Crippen LogP contribution in [0.3, 0.4) is 0 Å². The van der Waals surface area contributed by atoms with E-state index >= 15 is 0 Å². The third-order valence-corrected chi connectivity index (χ3v) is 5.36. The van der Waals surface area contributed by atoms with Crippen molar-refractivity contribution in [3.8, 4) is 0 Å². The molecule has 2 aliphatic heterocycles. The minimum Gasteiger partial charge on any atom is -0.343 e. The molecule has 2 fully saturated rings. The Kier molecular flexibility index (Phi) is 6.05. The van der Waals surface area contributed by atoms with Crippen molar-refractivity contribution < 1.29 is 9.59 Å². The molecule has 0 saturated carbocycles. The summed E-state index contributed by atoms with van der Waals surface area (Å²) in [5.74, 6) is 1.03. The van der Waals surface area contributed by atoms with E-state index in [1.807, 2.05) is 22.9 Å². The van der Waals surface area contributed by atoms with E-state index in [0.717, 1.165) is 57.6 Å². The molecule has 0 aromatic carbocycles. The Morgan fingerprint density at radius 3 is 2.88 bits per heavy atom. The monoisotopic (exact) mass is 343 g/mol. The number of aryl methyl sites for hydroxylation is 1. The molecule has 2 saturated heterocycles. The molecule has 0 unspecified atom stereocenters. The minimum absolute atomic E-state index is 0.247. The van der Waals surface area contributed by atoms with E-state index in [2.05, 4.69) is 17.1 Å². The first kappa shape index (κ1) is 17.9. The van der Waals surface area contributed by atoms with Crippen LogP contribution in [0.2, 0.25) is 0 Å². The predicted octanol–water partition coefficient (Wildman–Crippen LogP) is 2.57. The number of hydrogen-bond acceptors (Lipinski definition) is 3. The molecule has 5 heteroatoms. The topological polar surface area (TPSA) is 53.5 Å². The van der Waals surface area contributed by atoms with Crippen LogP contribution in [0, 0.1) is 12.8 Å². The first-order chi connectivity index (χ1) is 12.1. The van der Waals surface area contributed by atoms with Crippen molar-refractivity contribution in [2.45, 2.75) is 51.9 Å². The van der Waals surface area contributed by atoms with Crippen molar-refractivity contribution in [3.63, 3.8) is 0 Å². The Morgan fingerprint density at radius 2 is 2.16 bits per heavy atom. The van der Waals surface area contributed by atoms with E-state index in [9.17, 15) is 9.59 Å². The molecule has 1 aromatic rings. The molecule has 2 amide bonds. The summed E-state index contributed by atoms with van der Waals surface area (Å²) in [6.45, 7) is 5.33. The zero-order chi connectivity index (χ0) is 17.6. The van der Waals surface area contributed by atoms with E-state index in [1.54, 1.807) is 0 Å². The highest BCUT2D eigenvalue weighted by Crippen LogP contribution is 2.21. The molecule has 136 valence electrons. The molecule has 3 rings (SSSR count). The quantitative estimate of drug-likeness (QED) is 0.798. The summed E-state index contributed by atoms with van der Waals surface area (Å²) in [5.41, 5.74) is 2.30. The summed E-state index contributed by atoms with van der Waals surface area (Å²) in [4.78, 5) is 32.4. The van der Waals surface area contributed by atoms with E-state index in [-0.39, 0.29) is 11.8 Å². The number of carbonyl (C=O) groups is 2. The van der Waals surface area contributed by atoms with Gasteiger partial charge in [0.1, 0.15) is 0 Å². The van der Waals surface area contributed by atoms with Crippen molar-refractivity contribution in [1.82, 2.24) is 14.8 Å². The third kappa shape index (κ3) is 5.03. The van der Waals surface area contributed by atoms with Gasteiger partial charge in [-0.05, 0) is 56.6 Å². The zero-order valence-corrected chi connectivity index (χ0v) is 15.2. The number of likely N-dealkylation sites (tertiary alicyclic amines) is 2. The van der Waals surface area contributed by atoms with Crippen LogP contribution in [0.25, 0.3) is 0 Å². The van der Waals surface area contributed by atoms with Gasteiger partial charge in [-0.2, -0.15) is 0 Å². The average Bonchev–Trinajstić information content (AvgIpc) is 3.02. The molecule has 1 aromatic heterocycles. The lowest BCUT2D eigenvalue weighted by atomic mass is 9.91. The molecular weight excluding hydrogens is 314 g/mol. The first-order valence-electron chi connectivity index (χ1n) is 9.59. The summed E-state index contributed by atoms with van der Waals surface area (Å²) < 4.78 is 0. The van der Waals surface area contributed by atoms with Crippen LogP contribution in [-0.2, 0) is 16.0 Å². The van der Waals surface area contributed by atoms with Crippen LogP contribution in [0.5, 0.6) is 0 Å². The van der Waals surface area contributed by atoms with Crippen molar-refractivity contribution in [2.75, 3.05) is 26.2 Å². The summed E-state index contributed by atoms with van der Waals surface area (Å²) in [5, 5.41) is 0. The number of piperidine rings is 1. The maximum atomic E-state index is 12.5. The van der Waals surface area contributed by atoms with Crippen molar-refractivity contribution >= 4 is 11.8 Å². The molecule has 0 spiro atoms. The average molecular weight is 343 g/mol. The molecule has 0 radical (unpaired) electrons. The van der Waals surface area contributed by atoms with E-state index in [1.165, 1.54) is 12.0 Å². The standard InChI is InChI=1S/C20H29N3O2/c1-16-8-9-17(14-21-16)13-18-5-2-12-23(15-18)20(25)7-4-11-22-10-3-6-19(22)24/h8-9,14,18H,2-7,10-13,15H2,1H3/t18-/m1/s1. The van der Waals surface area contributed by atoms with Gasteiger partial charge >= 0.3 is 0 Å². The smallest absolute Gasteiger partial charge is 0.222 e. The van der Waals surface area contributed by atoms with Crippen LogP contribution >= 0.6 is 0 Å². The highest BCUT2D eigenvalue weighted by Gasteiger charge is 2.24. The van der Waals surface area contributed by atoms with Gasteiger partial charge in [0.15, 0.2) is 0 Å². The zero-order valence-electron chi connectivity index (χ0n) is 15.2. The third-order valence-electron chi connectivity index (χ3n) is 5.36. The highest BCUT2D eigenvalue weighted by atomic mass is 16.2. The summed E-state index contributed by atoms with van der Waals surface area (Å²) in [6.07, 6.45) is 8.21. The van der Waals surface area contributed by atoms with Gasteiger partial charge in [0.25, 0.3) is 0 Å². The van der Waals surface area contributed by atoms with Gasteiger partial charge in [-0.15, -0.1) is 0 Å². The van der Waals surface area contributed by atoms with Crippen LogP contribution in [0.1, 0.15) is 49.8 Å². The lowest BCUT2D eigenvalue weighted by Gasteiger charge is -2.33. The van der Waals surface area contributed by atoms with Crippen LogP contribution in [-0.4, -0.2) is 52.8 Å². The second kappa shape index (κ2) is 8.45. The van der Waals surface area contributed by atoms with Crippen molar-refractivity contribution in [1.29, 1.82) is 0 Å². The molecule has 0 aliphatic carbocycles. The lowest BCUT2D eigenvalue weighted by Crippen LogP contribution is -2.40. The molecule has 0 bridgehead atoms. The van der Waals surface area contributed by atoms with Gasteiger partial charge in [-0.1, -0.05) is 6.07 Å². The number of pyridine rings is 1. The maximum absolute atomic E-state index is 12.5. The van der Waals surface area contributed by atoms with E-state index in [0.29, 0.717) is 18.8 Å². The fraction of sp³-hybridized carbons (Fsp3) is 0.650. The normalized spacial score (nSPS) is 21.0. The molecule has 25 heavy (non-hydrogen) atoms. The molecule has 5 nitrogen and oxygen atoms in total. The van der Waals surface area contributed by atoms with Gasteiger partial charge in [0, 0.05) is 50.9 Å². The Bertz CT molecular complexity index is 599. The Morgan fingerprint density at radius 1 is 1.28 bits per heavy atom.